The average Bonchev–Trinajstić information content (AvgIpc) is 3.15. The number of carbonyl (C=O) groups excluding carboxylic acids is 1. The van der Waals surface area contributed by atoms with Gasteiger partial charge in [-0.1, -0.05) is 75.1 Å². The van der Waals surface area contributed by atoms with Crippen LogP contribution in [-0.2, 0) is 11.3 Å². The van der Waals surface area contributed by atoms with Crippen molar-refractivity contribution in [2.24, 2.45) is 5.41 Å². The second-order valence-electron chi connectivity index (χ2n) is 9.14. The highest BCUT2D eigenvalue weighted by Crippen LogP contribution is 2.26. The Hall–Kier alpha value is -4.11. The van der Waals surface area contributed by atoms with Crippen LogP contribution in [0, 0.1) is 24.2 Å². The van der Waals surface area contributed by atoms with Crippen molar-refractivity contribution in [1.29, 1.82) is 0 Å². The first-order valence-electron chi connectivity index (χ1n) is 11.1. The molecule has 0 bridgehead atoms. The van der Waals surface area contributed by atoms with E-state index in [1.807, 2.05) is 76.4 Å². The molecule has 0 fully saturated rings. The predicted molar refractivity (Wildman–Crippen MR) is 135 cm³/mol. The number of fused-ring (bicyclic) bond motifs is 1. The first-order chi connectivity index (χ1) is 16.3. The summed E-state index contributed by atoms with van der Waals surface area (Å²) in [5.74, 6) is 7.40. The van der Waals surface area contributed by atoms with Crippen LogP contribution in [0.15, 0.2) is 60.8 Å². The highest BCUT2D eigenvalue weighted by molar-refractivity contribution is 5.94. The molecule has 0 aliphatic carbocycles. The molecule has 1 N–H and O–H groups in total. The third kappa shape index (κ3) is 4.94. The maximum absolute atomic E-state index is 12.6. The highest BCUT2D eigenvalue weighted by atomic mass is 16.5. The highest BCUT2D eigenvalue weighted by Gasteiger charge is 2.23. The maximum atomic E-state index is 12.6. The van der Waals surface area contributed by atoms with Gasteiger partial charge in [0.05, 0.1) is 29.3 Å². The number of nitrogens with zero attached hydrogens (tertiary/aromatic N) is 3. The van der Waals surface area contributed by atoms with Gasteiger partial charge in [-0.15, -0.1) is 0 Å². The molecule has 2 heterocycles. The lowest BCUT2D eigenvalue weighted by molar-refractivity contribution is -0.123. The molecule has 34 heavy (non-hydrogen) atoms. The number of hydrogen-bond donors (Lipinski definition) is 1. The van der Waals surface area contributed by atoms with Crippen molar-refractivity contribution in [1.82, 2.24) is 14.5 Å². The number of rotatable bonds is 4. The Bertz CT molecular complexity index is 1400. The molecule has 2 aromatic carbocycles. The second-order valence-corrected chi connectivity index (χ2v) is 9.14. The molecule has 0 saturated heterocycles. The van der Waals surface area contributed by atoms with Crippen molar-refractivity contribution in [3.05, 3.63) is 83.2 Å². The van der Waals surface area contributed by atoms with Gasteiger partial charge in [0.25, 0.3) is 0 Å². The zero-order valence-corrected chi connectivity index (χ0v) is 20.1. The molecule has 0 atom stereocenters. The van der Waals surface area contributed by atoms with Gasteiger partial charge < -0.3 is 9.30 Å². The van der Waals surface area contributed by atoms with Crippen LogP contribution in [0.2, 0.25) is 0 Å². The summed E-state index contributed by atoms with van der Waals surface area (Å²) >= 11 is 0. The maximum Gasteiger partial charge on any atom is 0.232 e. The normalized spacial score (nSPS) is 11.1. The number of methoxy groups -OCH3 is 1. The first-order valence-corrected chi connectivity index (χ1v) is 11.1. The van der Waals surface area contributed by atoms with Gasteiger partial charge in [0, 0.05) is 18.2 Å². The topological polar surface area (TPSA) is 69.0 Å². The Morgan fingerprint density at radius 2 is 1.68 bits per heavy atom. The van der Waals surface area contributed by atoms with E-state index in [1.165, 1.54) is 0 Å². The molecule has 0 spiro atoms. The van der Waals surface area contributed by atoms with Gasteiger partial charge in [-0.25, -0.2) is 4.98 Å². The fraction of sp³-hybridized carbons (Fsp3) is 0.250. The van der Waals surface area contributed by atoms with Crippen LogP contribution in [0.1, 0.15) is 43.2 Å². The largest absolute Gasteiger partial charge is 0.495 e. The molecular formula is C28H28N4O2. The standard InChI is InChI=1S/C28H28N4O2/c1-19-24-22(16-15-21-13-9-10-14-23(21)34-5)18-32(17-20-11-7-6-8-12-20)25(24)30-27(29-19)31-26(33)28(2,3)4/h6-14,18H,17H2,1-5H3,(H,29,30,31,33). The summed E-state index contributed by atoms with van der Waals surface area (Å²) in [6, 6.07) is 17.8. The quantitative estimate of drug-likeness (QED) is 0.433. The number of amides is 1. The fourth-order valence-corrected chi connectivity index (χ4v) is 3.59. The number of aromatic nitrogens is 3. The number of benzene rings is 2. The van der Waals surface area contributed by atoms with E-state index in [-0.39, 0.29) is 5.91 Å². The lowest BCUT2D eigenvalue weighted by atomic mass is 9.96. The molecule has 4 rings (SSSR count). The van der Waals surface area contributed by atoms with Gasteiger partial charge in [0.1, 0.15) is 11.4 Å². The number of nitrogens with one attached hydrogen (secondary N) is 1. The van der Waals surface area contributed by atoms with Crippen LogP contribution >= 0.6 is 0 Å². The molecule has 6 heteroatoms. The Morgan fingerprint density at radius 3 is 2.38 bits per heavy atom. The van der Waals surface area contributed by atoms with Crippen LogP contribution in [0.4, 0.5) is 5.95 Å². The van der Waals surface area contributed by atoms with Gasteiger partial charge in [0.15, 0.2) is 0 Å². The SMILES string of the molecule is COc1ccccc1C#Cc1cn(Cc2ccccc2)c2nc(NC(=O)C(C)(C)C)nc(C)c12. The van der Waals surface area contributed by atoms with Crippen LogP contribution in [0.3, 0.4) is 0 Å². The summed E-state index contributed by atoms with van der Waals surface area (Å²) in [6.07, 6.45) is 2.00. The van der Waals surface area contributed by atoms with Gasteiger partial charge in [-0.05, 0) is 24.6 Å². The molecular weight excluding hydrogens is 424 g/mol. The van der Waals surface area contributed by atoms with Crippen LogP contribution in [0.5, 0.6) is 5.75 Å². The van der Waals surface area contributed by atoms with Crippen molar-refractivity contribution in [3.8, 4) is 17.6 Å². The number of ether oxygens (including phenoxy) is 1. The minimum atomic E-state index is -0.552. The Labute approximate surface area is 200 Å². The van der Waals surface area contributed by atoms with Crippen molar-refractivity contribution in [3.63, 3.8) is 0 Å². The number of aryl methyl sites for hydroxylation is 1. The van der Waals surface area contributed by atoms with Crippen molar-refractivity contribution in [2.75, 3.05) is 12.4 Å². The second kappa shape index (κ2) is 9.40. The first kappa shape index (κ1) is 23.1. The number of hydrogen-bond acceptors (Lipinski definition) is 4. The zero-order valence-electron chi connectivity index (χ0n) is 20.1. The van der Waals surface area contributed by atoms with Crippen molar-refractivity contribution in [2.45, 2.75) is 34.2 Å². The summed E-state index contributed by atoms with van der Waals surface area (Å²) in [5.41, 5.74) is 3.70. The summed E-state index contributed by atoms with van der Waals surface area (Å²) in [5, 5.41) is 3.73. The van der Waals surface area contributed by atoms with Crippen LogP contribution in [0.25, 0.3) is 11.0 Å². The zero-order chi connectivity index (χ0) is 24.3. The lowest BCUT2D eigenvalue weighted by Gasteiger charge is -2.17. The summed E-state index contributed by atoms with van der Waals surface area (Å²) in [7, 11) is 1.64. The van der Waals surface area contributed by atoms with E-state index in [4.69, 9.17) is 9.72 Å². The van der Waals surface area contributed by atoms with Gasteiger partial charge in [-0.3, -0.25) is 10.1 Å². The van der Waals surface area contributed by atoms with Gasteiger partial charge in [0.2, 0.25) is 11.9 Å². The minimum Gasteiger partial charge on any atom is -0.495 e. The number of para-hydroxylation sites is 1. The summed E-state index contributed by atoms with van der Waals surface area (Å²) in [4.78, 5) is 21.8. The molecule has 0 radical (unpaired) electrons. The molecule has 6 nitrogen and oxygen atoms in total. The number of carbonyl (C=O) groups is 1. The summed E-state index contributed by atoms with van der Waals surface area (Å²) < 4.78 is 7.49. The van der Waals surface area contributed by atoms with Crippen LogP contribution < -0.4 is 10.1 Å². The van der Waals surface area contributed by atoms with E-state index in [2.05, 4.69) is 38.8 Å². The lowest BCUT2D eigenvalue weighted by Crippen LogP contribution is -2.28. The van der Waals surface area contributed by atoms with Gasteiger partial charge >= 0.3 is 0 Å². The molecule has 0 saturated carbocycles. The van der Waals surface area contributed by atoms with E-state index in [0.717, 1.165) is 39.2 Å². The smallest absolute Gasteiger partial charge is 0.232 e. The molecule has 0 aliphatic rings. The predicted octanol–water partition coefficient (Wildman–Crippen LogP) is 5.18. The van der Waals surface area contributed by atoms with Crippen LogP contribution in [-0.4, -0.2) is 27.6 Å². The monoisotopic (exact) mass is 452 g/mol. The van der Waals surface area contributed by atoms with E-state index in [9.17, 15) is 4.79 Å². The Kier molecular flexibility index (Phi) is 6.38. The average molecular weight is 453 g/mol. The van der Waals surface area contributed by atoms with Crippen molar-refractivity contribution >= 4 is 22.9 Å². The molecule has 172 valence electrons. The molecule has 0 unspecified atom stereocenters. The molecule has 0 aliphatic heterocycles. The van der Waals surface area contributed by atoms with Gasteiger partial charge in [-0.2, -0.15) is 4.98 Å². The van der Waals surface area contributed by atoms with E-state index in [0.29, 0.717) is 12.5 Å². The Balaban J connectivity index is 1.83. The third-order valence-electron chi connectivity index (χ3n) is 5.44. The van der Waals surface area contributed by atoms with E-state index >= 15 is 0 Å². The third-order valence-corrected chi connectivity index (χ3v) is 5.44. The Morgan fingerprint density at radius 1 is 1.00 bits per heavy atom. The fourth-order valence-electron chi connectivity index (χ4n) is 3.59. The summed E-state index contributed by atoms with van der Waals surface area (Å²) in [6.45, 7) is 8.11. The van der Waals surface area contributed by atoms with E-state index < -0.39 is 5.41 Å². The molecule has 4 aromatic rings. The minimum absolute atomic E-state index is 0.136. The molecule has 2 aromatic heterocycles. The number of anilines is 1. The van der Waals surface area contributed by atoms with E-state index in [1.54, 1.807) is 7.11 Å². The molecule has 1 amide bonds. The van der Waals surface area contributed by atoms with Crippen molar-refractivity contribution < 1.29 is 9.53 Å².